The fourth-order valence-electron chi connectivity index (χ4n) is 4.96. The van der Waals surface area contributed by atoms with Gasteiger partial charge in [0.2, 0.25) is 0 Å². The fourth-order valence-corrected chi connectivity index (χ4v) is 4.96. The summed E-state index contributed by atoms with van der Waals surface area (Å²) in [5.41, 5.74) is 1.15. The summed E-state index contributed by atoms with van der Waals surface area (Å²) in [5.74, 6) is 0. The maximum Gasteiger partial charge on any atom is 0.330 e. The highest BCUT2D eigenvalue weighted by atomic mass is 16.7. The summed E-state index contributed by atoms with van der Waals surface area (Å²) in [5, 5.41) is 0. The van der Waals surface area contributed by atoms with Crippen molar-refractivity contribution in [3.8, 4) is 0 Å². The number of rotatable bonds is 7. The minimum atomic E-state index is -0.871. The molecule has 0 unspecified atom stereocenters. The van der Waals surface area contributed by atoms with Crippen molar-refractivity contribution >= 4 is 0 Å². The molecule has 2 fully saturated rings. The van der Waals surface area contributed by atoms with Crippen LogP contribution in [0.25, 0.3) is 0 Å². The molecule has 2 saturated heterocycles. The van der Waals surface area contributed by atoms with Crippen LogP contribution in [0.3, 0.4) is 0 Å². The van der Waals surface area contributed by atoms with E-state index in [2.05, 4.69) is 41.4 Å². The second kappa shape index (κ2) is 8.78. The number of ether oxygens (including phenoxy) is 3. The van der Waals surface area contributed by atoms with Crippen molar-refractivity contribution in [2.45, 2.75) is 30.1 Å². The molecule has 7 nitrogen and oxygen atoms in total. The van der Waals surface area contributed by atoms with E-state index >= 15 is 0 Å². The number of fused-ring (bicyclic) bond motifs is 1. The Bertz CT molecular complexity index is 1320. The Labute approximate surface area is 201 Å². The first kappa shape index (κ1) is 21.7. The van der Waals surface area contributed by atoms with Crippen LogP contribution in [0, 0.1) is 0 Å². The van der Waals surface area contributed by atoms with Gasteiger partial charge in [0.15, 0.2) is 6.23 Å². The molecule has 0 radical (unpaired) electrons. The predicted octanol–water partition coefficient (Wildman–Crippen LogP) is 3.21. The first-order valence-electron chi connectivity index (χ1n) is 11.6. The molecule has 4 aromatic rings. The Morgan fingerprint density at radius 2 is 1.29 bits per heavy atom. The molecule has 6 rings (SSSR count). The molecular formula is C28H24N2O5. The van der Waals surface area contributed by atoms with Gasteiger partial charge in [-0.1, -0.05) is 91.0 Å². The lowest BCUT2D eigenvalue weighted by molar-refractivity contribution is -0.117. The molecule has 3 heterocycles. The molecule has 176 valence electrons. The van der Waals surface area contributed by atoms with Gasteiger partial charge < -0.3 is 14.2 Å². The van der Waals surface area contributed by atoms with E-state index in [9.17, 15) is 9.59 Å². The van der Waals surface area contributed by atoms with Gasteiger partial charge >= 0.3 is 5.69 Å². The van der Waals surface area contributed by atoms with E-state index in [4.69, 9.17) is 14.2 Å². The summed E-state index contributed by atoms with van der Waals surface area (Å²) in [4.78, 5) is 26.1. The lowest BCUT2D eigenvalue weighted by Crippen LogP contribution is -2.38. The molecule has 2 aliphatic heterocycles. The molecular weight excluding hydrogens is 444 g/mol. The van der Waals surface area contributed by atoms with Crippen molar-refractivity contribution in [2.24, 2.45) is 0 Å². The number of benzene rings is 3. The third-order valence-corrected chi connectivity index (χ3v) is 6.65. The Balaban J connectivity index is 1.36. The van der Waals surface area contributed by atoms with Crippen LogP contribution in [-0.2, 0) is 19.8 Å². The second-order valence-corrected chi connectivity index (χ2v) is 8.74. The summed E-state index contributed by atoms with van der Waals surface area (Å²) in [6.07, 6.45) is 0.0122. The number of nitrogens with zero attached hydrogens (tertiary/aromatic N) is 1. The molecule has 0 aliphatic carbocycles. The molecule has 35 heavy (non-hydrogen) atoms. The number of aromatic nitrogens is 2. The Morgan fingerprint density at radius 1 is 0.743 bits per heavy atom. The Morgan fingerprint density at radius 3 is 1.80 bits per heavy atom. The van der Waals surface area contributed by atoms with Crippen LogP contribution in [0.4, 0.5) is 0 Å². The van der Waals surface area contributed by atoms with Gasteiger partial charge in [-0.15, -0.1) is 0 Å². The molecule has 0 amide bonds. The molecule has 3 aromatic carbocycles. The lowest BCUT2D eigenvalue weighted by atomic mass is 9.80. The zero-order valence-corrected chi connectivity index (χ0v) is 18.8. The molecule has 1 N–H and O–H groups in total. The number of nitrogens with one attached hydrogen (secondary N) is 1. The summed E-state index contributed by atoms with van der Waals surface area (Å²) in [6.45, 7) is 0.244. The first-order chi connectivity index (χ1) is 17.2. The van der Waals surface area contributed by atoms with Gasteiger partial charge in [0.1, 0.15) is 23.9 Å². The summed E-state index contributed by atoms with van der Waals surface area (Å²) in [7, 11) is 0. The van der Waals surface area contributed by atoms with Gasteiger partial charge in [-0.2, -0.15) is 0 Å². The maximum absolute atomic E-state index is 12.3. The molecule has 4 atom stereocenters. The number of hydrogen-bond acceptors (Lipinski definition) is 5. The molecule has 1 aromatic heterocycles. The van der Waals surface area contributed by atoms with E-state index in [1.54, 1.807) is 0 Å². The van der Waals surface area contributed by atoms with Gasteiger partial charge in [-0.25, -0.2) is 4.79 Å². The zero-order valence-electron chi connectivity index (χ0n) is 18.8. The standard InChI is InChI=1S/C28H24N2O5/c31-23-16-17-30(27(32)29-23)26-25-24(35-25)22(34-26)18-33-28(19-10-4-1-5-11-19,20-12-6-2-7-13-20)21-14-8-3-9-15-21/h1-17,22,24-26H,18H2,(H,29,31,32)/t22-,24+,25+,26-/m1/s1. The molecule has 2 aliphatic rings. The highest BCUT2D eigenvalue weighted by Crippen LogP contribution is 2.46. The minimum absolute atomic E-state index is 0.182. The van der Waals surface area contributed by atoms with Gasteiger partial charge in [-0.05, 0) is 16.7 Å². The summed E-state index contributed by atoms with van der Waals surface area (Å²) in [6, 6.07) is 31.7. The fraction of sp³-hybridized carbons (Fsp3) is 0.214. The van der Waals surface area contributed by atoms with E-state index in [-0.39, 0.29) is 24.9 Å². The first-order valence-corrected chi connectivity index (χ1v) is 11.6. The van der Waals surface area contributed by atoms with Crippen LogP contribution in [0.15, 0.2) is 113 Å². The van der Waals surface area contributed by atoms with Crippen LogP contribution in [-0.4, -0.2) is 34.5 Å². The van der Waals surface area contributed by atoms with Crippen LogP contribution in [0.2, 0.25) is 0 Å². The van der Waals surface area contributed by atoms with Crippen LogP contribution in [0.5, 0.6) is 0 Å². The lowest BCUT2D eigenvalue weighted by Gasteiger charge is -2.37. The highest BCUT2D eigenvalue weighted by molar-refractivity contribution is 5.47. The Kier molecular flexibility index (Phi) is 5.45. The van der Waals surface area contributed by atoms with E-state index in [0.29, 0.717) is 0 Å². The van der Waals surface area contributed by atoms with E-state index in [1.165, 1.54) is 16.8 Å². The third kappa shape index (κ3) is 3.83. The van der Waals surface area contributed by atoms with Crippen molar-refractivity contribution in [2.75, 3.05) is 6.61 Å². The van der Waals surface area contributed by atoms with Gasteiger partial charge in [0.05, 0.1) is 6.61 Å². The monoisotopic (exact) mass is 468 g/mol. The summed E-state index contributed by atoms with van der Waals surface area (Å²) >= 11 is 0. The van der Waals surface area contributed by atoms with E-state index in [1.807, 2.05) is 54.6 Å². The van der Waals surface area contributed by atoms with Gasteiger partial charge in [-0.3, -0.25) is 14.3 Å². The average Bonchev–Trinajstić information content (AvgIpc) is 3.62. The number of epoxide rings is 1. The van der Waals surface area contributed by atoms with Crippen LogP contribution in [0.1, 0.15) is 22.9 Å². The number of aromatic amines is 1. The quantitative estimate of drug-likeness (QED) is 0.333. The highest BCUT2D eigenvalue weighted by Gasteiger charge is 2.59. The van der Waals surface area contributed by atoms with E-state index in [0.717, 1.165) is 16.7 Å². The van der Waals surface area contributed by atoms with Gasteiger partial charge in [0, 0.05) is 12.3 Å². The second-order valence-electron chi connectivity index (χ2n) is 8.74. The smallest absolute Gasteiger partial charge is 0.330 e. The number of H-pyrrole nitrogens is 1. The minimum Gasteiger partial charge on any atom is -0.362 e. The van der Waals surface area contributed by atoms with Crippen LogP contribution >= 0.6 is 0 Å². The van der Waals surface area contributed by atoms with Crippen molar-refractivity contribution in [3.05, 3.63) is 141 Å². The van der Waals surface area contributed by atoms with Gasteiger partial charge in [0.25, 0.3) is 5.56 Å². The normalized spacial score (nSPS) is 23.1. The van der Waals surface area contributed by atoms with Crippen molar-refractivity contribution in [3.63, 3.8) is 0 Å². The average molecular weight is 469 g/mol. The third-order valence-electron chi connectivity index (χ3n) is 6.65. The van der Waals surface area contributed by atoms with Crippen molar-refractivity contribution in [1.29, 1.82) is 0 Å². The number of hydrogen-bond donors (Lipinski definition) is 1. The van der Waals surface area contributed by atoms with Crippen molar-refractivity contribution in [1.82, 2.24) is 9.55 Å². The summed E-state index contributed by atoms with van der Waals surface area (Å²) < 4.78 is 20.3. The zero-order chi connectivity index (χ0) is 23.8. The molecule has 7 heteroatoms. The maximum atomic E-state index is 12.3. The van der Waals surface area contributed by atoms with E-state index < -0.39 is 23.1 Å². The topological polar surface area (TPSA) is 85.8 Å². The molecule has 0 bridgehead atoms. The molecule has 0 spiro atoms. The SMILES string of the molecule is O=c1ccn([C@@H]2O[C@H](COC(c3ccccc3)(c3ccccc3)c3ccccc3)[C@@H]3O[C@@H]32)c(=O)[nH]1. The largest absolute Gasteiger partial charge is 0.362 e. The van der Waals surface area contributed by atoms with Crippen LogP contribution < -0.4 is 11.2 Å². The van der Waals surface area contributed by atoms with Crippen molar-refractivity contribution < 1.29 is 14.2 Å². The molecule has 0 saturated carbocycles. The Hall–Kier alpha value is -3.78. The predicted molar refractivity (Wildman–Crippen MR) is 129 cm³/mol.